The third kappa shape index (κ3) is 58.0. The first-order valence-electron chi connectivity index (χ1n) is 31.3. The first kappa shape index (κ1) is 69.1. The molecule has 0 heterocycles. The second-order valence-electron chi connectivity index (χ2n) is 21.0. The van der Waals surface area contributed by atoms with E-state index >= 15 is 0 Å². The van der Waals surface area contributed by atoms with Gasteiger partial charge in [-0.15, -0.1) is 0 Å². The Labute approximate surface area is 447 Å². The fourth-order valence-corrected chi connectivity index (χ4v) is 9.12. The Morgan fingerprint density at radius 1 is 0.292 bits per heavy atom. The average Bonchev–Trinajstić information content (AvgIpc) is 3.38. The number of esters is 3. The summed E-state index contributed by atoms with van der Waals surface area (Å²) in [6.45, 7) is 6.55. The molecular weight excluding hydrogens is 889 g/mol. The van der Waals surface area contributed by atoms with E-state index in [0.717, 1.165) is 89.9 Å². The van der Waals surface area contributed by atoms with Crippen LogP contribution in [-0.2, 0) is 28.6 Å². The Bertz CT molecular complexity index is 1290. The predicted molar refractivity (Wildman–Crippen MR) is 312 cm³/mol. The lowest BCUT2D eigenvalue weighted by molar-refractivity contribution is -0.167. The van der Waals surface area contributed by atoms with Crippen LogP contribution >= 0.6 is 0 Å². The summed E-state index contributed by atoms with van der Waals surface area (Å²) in [5.74, 6) is -0.858. The number of unbranched alkanes of at least 4 members (excludes halogenated alkanes) is 36. The summed E-state index contributed by atoms with van der Waals surface area (Å²) < 4.78 is 16.9. The number of carbonyl (C=O) groups excluding carboxylic acids is 3. The van der Waals surface area contributed by atoms with E-state index in [9.17, 15) is 14.4 Å². The molecule has 0 aromatic rings. The third-order valence-corrected chi connectivity index (χ3v) is 13.8. The van der Waals surface area contributed by atoms with Crippen LogP contribution in [0, 0.1) is 0 Å². The van der Waals surface area contributed by atoms with Gasteiger partial charge in [-0.25, -0.2) is 0 Å². The van der Waals surface area contributed by atoms with Crippen LogP contribution in [0.3, 0.4) is 0 Å². The Morgan fingerprint density at radius 3 is 0.847 bits per heavy atom. The third-order valence-electron chi connectivity index (χ3n) is 13.8. The van der Waals surface area contributed by atoms with E-state index in [2.05, 4.69) is 81.5 Å². The Balaban J connectivity index is 4.18. The smallest absolute Gasteiger partial charge is 0.306 e. The summed E-state index contributed by atoms with van der Waals surface area (Å²) in [6.07, 6.45) is 76.6. The normalized spacial score (nSPS) is 12.4. The summed E-state index contributed by atoms with van der Waals surface area (Å²) in [4.78, 5) is 38.1. The molecule has 0 aromatic carbocycles. The van der Waals surface area contributed by atoms with Gasteiger partial charge in [0.2, 0.25) is 0 Å². The molecule has 0 amide bonds. The van der Waals surface area contributed by atoms with Crippen LogP contribution < -0.4 is 0 Å². The fourth-order valence-electron chi connectivity index (χ4n) is 9.12. The van der Waals surface area contributed by atoms with Crippen molar-refractivity contribution >= 4 is 17.9 Å². The highest BCUT2D eigenvalue weighted by Crippen LogP contribution is 2.17. The number of allylic oxidation sites excluding steroid dienone is 10. The number of ether oxygens (including phenoxy) is 3. The summed E-state index contributed by atoms with van der Waals surface area (Å²) in [7, 11) is 0. The summed E-state index contributed by atoms with van der Waals surface area (Å²) in [5, 5.41) is 0. The van der Waals surface area contributed by atoms with Gasteiger partial charge in [0.1, 0.15) is 13.2 Å². The zero-order chi connectivity index (χ0) is 52.2. The van der Waals surface area contributed by atoms with Crippen LogP contribution in [0.25, 0.3) is 0 Å². The molecule has 0 saturated carbocycles. The van der Waals surface area contributed by atoms with Gasteiger partial charge >= 0.3 is 17.9 Å². The van der Waals surface area contributed by atoms with Crippen LogP contribution in [0.1, 0.15) is 323 Å². The molecule has 0 N–H and O–H groups in total. The Morgan fingerprint density at radius 2 is 0.542 bits per heavy atom. The van der Waals surface area contributed by atoms with Crippen LogP contribution in [0.4, 0.5) is 0 Å². The van der Waals surface area contributed by atoms with E-state index < -0.39 is 6.10 Å². The van der Waals surface area contributed by atoms with Crippen molar-refractivity contribution in [2.45, 2.75) is 329 Å². The van der Waals surface area contributed by atoms with Crippen molar-refractivity contribution in [3.8, 4) is 0 Å². The van der Waals surface area contributed by atoms with E-state index in [1.54, 1.807) is 0 Å². The molecule has 0 aliphatic heterocycles. The van der Waals surface area contributed by atoms with Crippen LogP contribution in [-0.4, -0.2) is 37.2 Å². The van der Waals surface area contributed by atoms with Crippen molar-refractivity contribution in [3.63, 3.8) is 0 Å². The van der Waals surface area contributed by atoms with Gasteiger partial charge in [-0.2, -0.15) is 0 Å². The lowest BCUT2D eigenvalue weighted by Gasteiger charge is -2.18. The van der Waals surface area contributed by atoms with Gasteiger partial charge in [0.15, 0.2) is 6.10 Å². The minimum Gasteiger partial charge on any atom is -0.462 e. The van der Waals surface area contributed by atoms with Gasteiger partial charge in [0.25, 0.3) is 0 Å². The van der Waals surface area contributed by atoms with Gasteiger partial charge < -0.3 is 14.2 Å². The molecule has 0 spiro atoms. The maximum absolute atomic E-state index is 12.9. The van der Waals surface area contributed by atoms with Crippen molar-refractivity contribution in [1.82, 2.24) is 0 Å². The molecule has 0 aliphatic carbocycles. The minimum atomic E-state index is -0.770. The average molecular weight is 1010 g/mol. The quantitative estimate of drug-likeness (QED) is 0.0261. The van der Waals surface area contributed by atoms with Crippen molar-refractivity contribution in [3.05, 3.63) is 60.8 Å². The lowest BCUT2D eigenvalue weighted by atomic mass is 10.0. The first-order valence-corrected chi connectivity index (χ1v) is 31.3. The van der Waals surface area contributed by atoms with E-state index in [4.69, 9.17) is 14.2 Å². The second kappa shape index (κ2) is 60.7. The van der Waals surface area contributed by atoms with E-state index in [1.165, 1.54) is 193 Å². The molecule has 6 nitrogen and oxygen atoms in total. The maximum Gasteiger partial charge on any atom is 0.306 e. The molecule has 0 saturated heterocycles. The molecule has 0 aromatic heterocycles. The summed E-state index contributed by atoms with van der Waals surface area (Å²) >= 11 is 0. The molecular formula is C66H118O6. The lowest BCUT2D eigenvalue weighted by Crippen LogP contribution is -2.30. The van der Waals surface area contributed by atoms with Crippen molar-refractivity contribution < 1.29 is 28.6 Å². The predicted octanol–water partition coefficient (Wildman–Crippen LogP) is 21.2. The zero-order valence-electron chi connectivity index (χ0n) is 47.9. The molecule has 0 radical (unpaired) electrons. The Hall–Kier alpha value is -2.89. The van der Waals surface area contributed by atoms with E-state index in [1.807, 2.05) is 0 Å². The van der Waals surface area contributed by atoms with Gasteiger partial charge in [-0.3, -0.25) is 14.4 Å². The highest BCUT2D eigenvalue weighted by Gasteiger charge is 2.19. The van der Waals surface area contributed by atoms with Crippen LogP contribution in [0.2, 0.25) is 0 Å². The van der Waals surface area contributed by atoms with Crippen molar-refractivity contribution in [2.75, 3.05) is 13.2 Å². The summed E-state index contributed by atoms with van der Waals surface area (Å²) in [5.41, 5.74) is 0. The highest BCUT2D eigenvalue weighted by molar-refractivity contribution is 5.71. The maximum atomic E-state index is 12.9. The molecule has 1 atom stereocenters. The van der Waals surface area contributed by atoms with Gasteiger partial charge in [-0.05, 0) is 64.2 Å². The standard InChI is InChI=1S/C66H118O6/c1-4-7-10-13-16-19-21-23-25-27-29-30-31-32-33-34-35-36-37-39-40-42-44-47-50-53-56-59-65(68)71-62-63(61-70-64(67)58-55-52-49-46-18-15-12-9-6-3)72-66(69)60-57-54-51-48-45-43-41-38-28-26-24-22-20-17-14-11-8-5-2/h7,10,16,19,23,25,29-30,32-33,63H,4-6,8-9,11-15,17-18,20-22,24,26-28,31,34-62H2,1-3H3/b10-7-,19-16-,25-23-,30-29-,33-32-. The van der Waals surface area contributed by atoms with Gasteiger partial charge in [-0.1, -0.05) is 300 Å². The topological polar surface area (TPSA) is 78.9 Å². The van der Waals surface area contributed by atoms with Gasteiger partial charge in [0, 0.05) is 19.3 Å². The van der Waals surface area contributed by atoms with Crippen molar-refractivity contribution in [2.24, 2.45) is 0 Å². The fraction of sp³-hybridized carbons (Fsp3) is 0.803. The molecule has 0 fully saturated rings. The van der Waals surface area contributed by atoms with E-state index in [0.29, 0.717) is 19.3 Å². The highest BCUT2D eigenvalue weighted by atomic mass is 16.6. The Kier molecular flexibility index (Phi) is 58.2. The van der Waals surface area contributed by atoms with E-state index in [-0.39, 0.29) is 31.1 Å². The monoisotopic (exact) mass is 1010 g/mol. The molecule has 418 valence electrons. The molecule has 72 heavy (non-hydrogen) atoms. The first-order chi connectivity index (χ1) is 35.5. The van der Waals surface area contributed by atoms with Crippen molar-refractivity contribution in [1.29, 1.82) is 0 Å². The number of hydrogen-bond acceptors (Lipinski definition) is 6. The zero-order valence-corrected chi connectivity index (χ0v) is 47.9. The molecule has 0 bridgehead atoms. The number of rotatable bonds is 57. The van der Waals surface area contributed by atoms with Crippen LogP contribution in [0.5, 0.6) is 0 Å². The molecule has 0 aliphatic rings. The number of hydrogen-bond donors (Lipinski definition) is 0. The molecule has 6 heteroatoms. The molecule has 0 rings (SSSR count). The molecule has 1 unspecified atom stereocenters. The largest absolute Gasteiger partial charge is 0.462 e. The van der Waals surface area contributed by atoms with Crippen LogP contribution in [0.15, 0.2) is 60.8 Å². The number of carbonyl (C=O) groups is 3. The second-order valence-corrected chi connectivity index (χ2v) is 21.0. The summed E-state index contributed by atoms with van der Waals surface area (Å²) in [6, 6.07) is 0. The minimum absolute atomic E-state index is 0.0699. The van der Waals surface area contributed by atoms with Gasteiger partial charge in [0.05, 0.1) is 0 Å². The SMILES string of the molecule is CC/C=C\C/C=C\C/C=C\C/C=C\C/C=C\CCCCCCCCCCCCCC(=O)OCC(COC(=O)CCCCCCCCCCC)OC(=O)CCCCCCCCCCCCCCCCCCCC.